The Labute approximate surface area is 147 Å². The Morgan fingerprint density at radius 1 is 1.00 bits per heavy atom. The van der Waals surface area contributed by atoms with Gasteiger partial charge in [-0.3, -0.25) is 4.79 Å². The van der Waals surface area contributed by atoms with Gasteiger partial charge in [-0.2, -0.15) is 0 Å². The first-order valence-corrected chi connectivity index (χ1v) is 9.73. The lowest BCUT2D eigenvalue weighted by atomic mass is 9.71. The van der Waals surface area contributed by atoms with Crippen LogP contribution < -0.4 is 0 Å². The van der Waals surface area contributed by atoms with Crippen molar-refractivity contribution in [1.29, 1.82) is 0 Å². The molecule has 1 aliphatic carbocycles. The van der Waals surface area contributed by atoms with Crippen LogP contribution in [0.15, 0.2) is 0 Å². The molecule has 132 valence electrons. The number of rotatable bonds is 2. The smallest absolute Gasteiger partial charge is 0.233 e. The van der Waals surface area contributed by atoms with Gasteiger partial charge in [0.05, 0.1) is 5.41 Å². The molecule has 1 aromatic rings. The van der Waals surface area contributed by atoms with Gasteiger partial charge in [0.1, 0.15) is 0 Å². The number of benzene rings is 1. The molecule has 24 heavy (non-hydrogen) atoms. The van der Waals surface area contributed by atoms with Crippen molar-refractivity contribution >= 4 is 5.91 Å². The van der Waals surface area contributed by atoms with E-state index in [1.807, 2.05) is 0 Å². The first-order chi connectivity index (χ1) is 11.3. The molecule has 0 aromatic heterocycles. The van der Waals surface area contributed by atoms with Crippen LogP contribution >= 0.6 is 0 Å². The quantitative estimate of drug-likeness (QED) is 0.737. The molecule has 0 spiro atoms. The van der Waals surface area contributed by atoms with Crippen LogP contribution in [0.4, 0.5) is 0 Å². The van der Waals surface area contributed by atoms with Gasteiger partial charge in [-0.05, 0) is 87.3 Å². The van der Waals surface area contributed by atoms with Crippen LogP contribution in [-0.2, 0) is 23.2 Å². The zero-order valence-corrected chi connectivity index (χ0v) is 16.4. The van der Waals surface area contributed by atoms with Crippen molar-refractivity contribution in [3.05, 3.63) is 33.4 Å². The van der Waals surface area contributed by atoms with Crippen molar-refractivity contribution in [2.75, 3.05) is 0 Å². The fraction of sp³-hybridized carbons (Fsp3) is 0.682. The summed E-state index contributed by atoms with van der Waals surface area (Å²) in [5, 5.41) is 0. The molecule has 1 saturated carbocycles. The number of hydrogen-bond acceptors (Lipinski definition) is 1. The predicted molar refractivity (Wildman–Crippen MR) is 100 cm³/mol. The summed E-state index contributed by atoms with van der Waals surface area (Å²) in [6, 6.07) is 0.449. The lowest BCUT2D eigenvalue weighted by molar-refractivity contribution is -0.141. The summed E-state index contributed by atoms with van der Waals surface area (Å²) in [4.78, 5) is 15.6. The van der Waals surface area contributed by atoms with E-state index in [2.05, 4.69) is 46.4 Å². The van der Waals surface area contributed by atoms with E-state index >= 15 is 0 Å². The van der Waals surface area contributed by atoms with E-state index in [9.17, 15) is 4.79 Å². The molecular formula is C22H33NO. The molecule has 0 N–H and O–H groups in total. The molecule has 1 heterocycles. The lowest BCUT2D eigenvalue weighted by Gasteiger charge is -2.46. The van der Waals surface area contributed by atoms with Crippen LogP contribution in [0.3, 0.4) is 0 Å². The number of carbonyl (C=O) groups is 1. The molecule has 1 aliphatic heterocycles. The van der Waals surface area contributed by atoms with E-state index in [4.69, 9.17) is 0 Å². The van der Waals surface area contributed by atoms with Crippen LogP contribution in [0.2, 0.25) is 0 Å². The second kappa shape index (κ2) is 6.20. The third-order valence-corrected chi connectivity index (χ3v) is 6.72. The number of hydrogen-bond donors (Lipinski definition) is 0. The van der Waals surface area contributed by atoms with Gasteiger partial charge in [-0.25, -0.2) is 0 Å². The molecule has 1 fully saturated rings. The second-order valence-corrected chi connectivity index (χ2v) is 8.41. The van der Waals surface area contributed by atoms with E-state index in [0.717, 1.165) is 13.0 Å². The van der Waals surface area contributed by atoms with Gasteiger partial charge in [0.2, 0.25) is 5.91 Å². The Hall–Kier alpha value is -1.31. The maximum absolute atomic E-state index is 13.4. The van der Waals surface area contributed by atoms with Crippen molar-refractivity contribution in [2.45, 2.75) is 98.1 Å². The largest absolute Gasteiger partial charge is 0.335 e. The van der Waals surface area contributed by atoms with Gasteiger partial charge in [0.25, 0.3) is 0 Å². The van der Waals surface area contributed by atoms with Gasteiger partial charge in [0.15, 0.2) is 0 Å². The minimum Gasteiger partial charge on any atom is -0.335 e. The zero-order chi connectivity index (χ0) is 17.6. The third-order valence-electron chi connectivity index (χ3n) is 6.72. The molecule has 0 unspecified atom stereocenters. The molecule has 0 atom stereocenters. The number of nitrogens with zero attached hydrogens (tertiary/aromatic N) is 1. The van der Waals surface area contributed by atoms with Crippen molar-refractivity contribution < 1.29 is 4.79 Å². The summed E-state index contributed by atoms with van der Waals surface area (Å²) >= 11 is 0. The van der Waals surface area contributed by atoms with Crippen molar-refractivity contribution in [2.24, 2.45) is 0 Å². The molecule has 0 saturated heterocycles. The van der Waals surface area contributed by atoms with Crippen molar-refractivity contribution in [1.82, 2.24) is 4.90 Å². The highest BCUT2D eigenvalue weighted by molar-refractivity contribution is 5.90. The van der Waals surface area contributed by atoms with E-state index < -0.39 is 5.41 Å². The first-order valence-electron chi connectivity index (χ1n) is 9.73. The number of fused-ring (bicyclic) bond motifs is 1. The molecule has 2 aliphatic rings. The average Bonchev–Trinajstić information content (AvgIpc) is 2.56. The summed E-state index contributed by atoms with van der Waals surface area (Å²) in [6.45, 7) is 14.1. The van der Waals surface area contributed by atoms with Crippen LogP contribution in [0.1, 0.15) is 86.3 Å². The summed E-state index contributed by atoms with van der Waals surface area (Å²) in [6.07, 6.45) is 7.28. The molecule has 2 nitrogen and oxygen atoms in total. The number of carbonyl (C=O) groups excluding carboxylic acids is 1. The SMILES string of the molecule is CCc1c(C)c(C)c2c(c1C)C(C)(C)C(=O)N(C1CCCCC1)C2. The fourth-order valence-electron chi connectivity index (χ4n) is 5.27. The van der Waals surface area contributed by atoms with Gasteiger partial charge in [-0.1, -0.05) is 26.2 Å². The topological polar surface area (TPSA) is 20.3 Å². The van der Waals surface area contributed by atoms with Gasteiger partial charge < -0.3 is 4.90 Å². The predicted octanol–water partition coefficient (Wildman–Crippen LogP) is 5.13. The second-order valence-electron chi connectivity index (χ2n) is 8.41. The highest BCUT2D eigenvalue weighted by Crippen LogP contribution is 2.43. The lowest BCUT2D eigenvalue weighted by Crippen LogP contribution is -2.53. The Morgan fingerprint density at radius 3 is 2.21 bits per heavy atom. The van der Waals surface area contributed by atoms with Crippen molar-refractivity contribution in [3.63, 3.8) is 0 Å². The molecular weight excluding hydrogens is 294 g/mol. The van der Waals surface area contributed by atoms with E-state index in [0.29, 0.717) is 11.9 Å². The normalized spacial score (nSPS) is 21.1. The average molecular weight is 328 g/mol. The monoisotopic (exact) mass is 327 g/mol. The van der Waals surface area contributed by atoms with Gasteiger partial charge in [-0.15, -0.1) is 0 Å². The summed E-state index contributed by atoms with van der Waals surface area (Å²) in [5.41, 5.74) is 7.99. The first kappa shape index (κ1) is 17.5. The standard InChI is InChI=1S/C22H33NO/c1-7-18-14(2)15(3)19-13-23(17-11-9-8-10-12-17)21(24)22(5,6)20(19)16(18)4/h17H,7-13H2,1-6H3. The van der Waals surface area contributed by atoms with E-state index in [-0.39, 0.29) is 0 Å². The van der Waals surface area contributed by atoms with E-state index in [1.54, 1.807) is 0 Å². The molecule has 2 heteroatoms. The Morgan fingerprint density at radius 2 is 1.62 bits per heavy atom. The molecule has 0 bridgehead atoms. The summed E-state index contributed by atoms with van der Waals surface area (Å²) in [5.74, 6) is 0.343. The van der Waals surface area contributed by atoms with E-state index in [1.165, 1.54) is 65.5 Å². The summed E-state index contributed by atoms with van der Waals surface area (Å²) in [7, 11) is 0. The van der Waals surface area contributed by atoms with Crippen LogP contribution in [0.5, 0.6) is 0 Å². The van der Waals surface area contributed by atoms with Crippen LogP contribution in [0.25, 0.3) is 0 Å². The molecule has 1 amide bonds. The molecule has 0 radical (unpaired) electrons. The van der Waals surface area contributed by atoms with Crippen LogP contribution in [-0.4, -0.2) is 16.8 Å². The maximum atomic E-state index is 13.4. The van der Waals surface area contributed by atoms with Crippen molar-refractivity contribution in [3.8, 4) is 0 Å². The Balaban J connectivity index is 2.15. The van der Waals surface area contributed by atoms with Gasteiger partial charge in [0, 0.05) is 12.6 Å². The Bertz CT molecular complexity index is 665. The highest BCUT2D eigenvalue weighted by Gasteiger charge is 2.44. The molecule has 1 aromatic carbocycles. The summed E-state index contributed by atoms with van der Waals surface area (Å²) < 4.78 is 0. The number of amides is 1. The zero-order valence-electron chi connectivity index (χ0n) is 16.4. The fourth-order valence-corrected chi connectivity index (χ4v) is 5.27. The minimum absolute atomic E-state index is 0.343. The maximum Gasteiger partial charge on any atom is 0.233 e. The third kappa shape index (κ3) is 2.50. The molecule has 3 rings (SSSR count). The highest BCUT2D eigenvalue weighted by atomic mass is 16.2. The van der Waals surface area contributed by atoms with Gasteiger partial charge >= 0.3 is 0 Å². The van der Waals surface area contributed by atoms with Crippen LogP contribution in [0, 0.1) is 20.8 Å². The Kier molecular flexibility index (Phi) is 4.53. The minimum atomic E-state index is -0.405.